The van der Waals surface area contributed by atoms with Gasteiger partial charge in [-0.15, -0.1) is 0 Å². The van der Waals surface area contributed by atoms with Crippen LogP contribution in [-0.2, 0) is 11.2 Å². The number of hydrogen-bond acceptors (Lipinski definition) is 5. The second kappa shape index (κ2) is 6.72. The molecule has 0 bridgehead atoms. The van der Waals surface area contributed by atoms with Crippen LogP contribution in [0.15, 0.2) is 45.8 Å². The number of nitrogens with zero attached hydrogens (tertiary/aromatic N) is 2. The van der Waals surface area contributed by atoms with Gasteiger partial charge in [-0.25, -0.2) is 4.98 Å². The summed E-state index contributed by atoms with van der Waals surface area (Å²) in [4.78, 5) is 18.6. The minimum atomic E-state index is -0.0942. The highest BCUT2D eigenvalue weighted by molar-refractivity contribution is 5.93. The number of aromatic nitrogens is 1. The van der Waals surface area contributed by atoms with Gasteiger partial charge in [-0.05, 0) is 31.0 Å². The number of amides is 1. The van der Waals surface area contributed by atoms with Crippen molar-refractivity contribution in [2.75, 3.05) is 26.3 Å². The SMILES string of the molecule is Cc1ocnc1C(=O)N1CCOC[C@@H](Cc2ccc3ccoc3c2)C1. The molecule has 1 amide bonds. The summed E-state index contributed by atoms with van der Waals surface area (Å²) in [7, 11) is 0. The second-order valence-electron chi connectivity index (χ2n) is 6.45. The van der Waals surface area contributed by atoms with Crippen LogP contribution in [0, 0.1) is 12.8 Å². The predicted molar refractivity (Wildman–Crippen MR) is 91.4 cm³/mol. The molecule has 1 saturated heterocycles. The maximum atomic E-state index is 12.7. The Morgan fingerprint density at radius 3 is 3.08 bits per heavy atom. The summed E-state index contributed by atoms with van der Waals surface area (Å²) >= 11 is 0. The number of aryl methyl sites for hydroxylation is 1. The van der Waals surface area contributed by atoms with Crippen LogP contribution in [0.2, 0.25) is 0 Å². The molecule has 3 heterocycles. The van der Waals surface area contributed by atoms with Gasteiger partial charge in [0.2, 0.25) is 0 Å². The maximum Gasteiger partial charge on any atom is 0.276 e. The minimum Gasteiger partial charge on any atom is -0.464 e. The van der Waals surface area contributed by atoms with E-state index in [4.69, 9.17) is 13.6 Å². The Labute approximate surface area is 145 Å². The van der Waals surface area contributed by atoms with Gasteiger partial charge >= 0.3 is 0 Å². The molecule has 0 unspecified atom stereocenters. The molecule has 130 valence electrons. The molecule has 25 heavy (non-hydrogen) atoms. The molecular weight excluding hydrogens is 320 g/mol. The fourth-order valence-corrected chi connectivity index (χ4v) is 3.31. The van der Waals surface area contributed by atoms with Crippen LogP contribution in [-0.4, -0.2) is 42.1 Å². The van der Waals surface area contributed by atoms with Crippen molar-refractivity contribution in [1.82, 2.24) is 9.88 Å². The molecule has 0 spiro atoms. The number of fused-ring (bicyclic) bond motifs is 1. The molecule has 1 atom stereocenters. The van der Waals surface area contributed by atoms with E-state index in [0.29, 0.717) is 37.8 Å². The number of furan rings is 1. The maximum absolute atomic E-state index is 12.7. The lowest BCUT2D eigenvalue weighted by molar-refractivity contribution is 0.0730. The predicted octanol–water partition coefficient (Wildman–Crippen LogP) is 3.06. The van der Waals surface area contributed by atoms with Crippen molar-refractivity contribution >= 4 is 16.9 Å². The van der Waals surface area contributed by atoms with Crippen LogP contribution in [0.25, 0.3) is 11.0 Å². The number of ether oxygens (including phenoxy) is 1. The number of carbonyl (C=O) groups is 1. The molecule has 3 aromatic rings. The topological polar surface area (TPSA) is 68.7 Å². The van der Waals surface area contributed by atoms with Gasteiger partial charge in [-0.1, -0.05) is 12.1 Å². The van der Waals surface area contributed by atoms with E-state index in [1.165, 1.54) is 12.0 Å². The number of rotatable bonds is 3. The van der Waals surface area contributed by atoms with Crippen molar-refractivity contribution in [1.29, 1.82) is 0 Å². The Kier molecular flexibility index (Phi) is 4.28. The molecule has 0 saturated carbocycles. The van der Waals surface area contributed by atoms with E-state index in [9.17, 15) is 4.79 Å². The third-order valence-corrected chi connectivity index (χ3v) is 4.62. The first kappa shape index (κ1) is 15.9. The first-order chi connectivity index (χ1) is 12.2. The van der Waals surface area contributed by atoms with Crippen LogP contribution in [0.4, 0.5) is 0 Å². The van der Waals surface area contributed by atoms with Crippen LogP contribution < -0.4 is 0 Å². The third kappa shape index (κ3) is 3.30. The second-order valence-corrected chi connectivity index (χ2v) is 6.45. The van der Waals surface area contributed by atoms with E-state index < -0.39 is 0 Å². The molecule has 1 aromatic carbocycles. The lowest BCUT2D eigenvalue weighted by atomic mass is 9.99. The minimum absolute atomic E-state index is 0.0942. The largest absolute Gasteiger partial charge is 0.464 e. The number of benzene rings is 1. The summed E-state index contributed by atoms with van der Waals surface area (Å²) in [5, 5.41) is 1.10. The van der Waals surface area contributed by atoms with E-state index in [0.717, 1.165) is 17.4 Å². The van der Waals surface area contributed by atoms with Crippen LogP contribution >= 0.6 is 0 Å². The van der Waals surface area contributed by atoms with E-state index in [1.54, 1.807) is 13.2 Å². The Bertz CT molecular complexity index is 882. The zero-order chi connectivity index (χ0) is 17.2. The van der Waals surface area contributed by atoms with Gasteiger partial charge in [0, 0.05) is 24.4 Å². The highest BCUT2D eigenvalue weighted by Gasteiger charge is 2.26. The van der Waals surface area contributed by atoms with Gasteiger partial charge in [0.15, 0.2) is 12.1 Å². The smallest absolute Gasteiger partial charge is 0.276 e. The fraction of sp³-hybridized carbons (Fsp3) is 0.368. The molecule has 1 fully saturated rings. The first-order valence-electron chi connectivity index (χ1n) is 8.44. The molecule has 0 N–H and O–H groups in total. The zero-order valence-electron chi connectivity index (χ0n) is 14.1. The highest BCUT2D eigenvalue weighted by atomic mass is 16.5. The third-order valence-electron chi connectivity index (χ3n) is 4.62. The summed E-state index contributed by atoms with van der Waals surface area (Å²) in [6.07, 6.45) is 3.84. The summed E-state index contributed by atoms with van der Waals surface area (Å²) in [6.45, 7) is 4.14. The van der Waals surface area contributed by atoms with Gasteiger partial charge < -0.3 is 18.5 Å². The van der Waals surface area contributed by atoms with Gasteiger partial charge in [0.1, 0.15) is 11.3 Å². The van der Waals surface area contributed by atoms with Crippen molar-refractivity contribution in [2.24, 2.45) is 5.92 Å². The van der Waals surface area contributed by atoms with Crippen LogP contribution in [0.1, 0.15) is 21.8 Å². The van der Waals surface area contributed by atoms with E-state index in [1.807, 2.05) is 11.0 Å². The van der Waals surface area contributed by atoms with E-state index >= 15 is 0 Å². The Hall–Kier alpha value is -2.60. The quantitative estimate of drug-likeness (QED) is 0.733. The molecule has 0 aliphatic carbocycles. The zero-order valence-corrected chi connectivity index (χ0v) is 14.1. The standard InChI is InChI=1S/C19H20N2O4/c1-13-18(20-12-25-13)19(22)21-5-7-23-11-15(10-21)8-14-2-3-16-4-6-24-17(16)9-14/h2-4,6,9,12,15H,5,7-8,10-11H2,1H3/t15-/m0/s1. The first-order valence-corrected chi connectivity index (χ1v) is 8.44. The van der Waals surface area contributed by atoms with Crippen molar-refractivity contribution < 1.29 is 18.4 Å². The lowest BCUT2D eigenvalue weighted by Crippen LogP contribution is -2.36. The van der Waals surface area contributed by atoms with Crippen LogP contribution in [0.5, 0.6) is 0 Å². The molecule has 2 aromatic heterocycles. The lowest BCUT2D eigenvalue weighted by Gasteiger charge is -2.23. The molecule has 6 heteroatoms. The monoisotopic (exact) mass is 340 g/mol. The van der Waals surface area contributed by atoms with Gasteiger partial charge in [-0.2, -0.15) is 0 Å². The number of hydrogen-bond donors (Lipinski definition) is 0. The summed E-state index contributed by atoms with van der Waals surface area (Å²) in [5.74, 6) is 0.685. The average Bonchev–Trinajstić information content (AvgIpc) is 3.18. The summed E-state index contributed by atoms with van der Waals surface area (Å²) in [6, 6.07) is 8.19. The van der Waals surface area contributed by atoms with Crippen molar-refractivity contribution in [2.45, 2.75) is 13.3 Å². The number of carbonyl (C=O) groups excluding carboxylic acids is 1. The average molecular weight is 340 g/mol. The molecule has 1 aliphatic rings. The van der Waals surface area contributed by atoms with Crippen molar-refractivity contribution in [3.63, 3.8) is 0 Å². The molecule has 4 rings (SSSR count). The van der Waals surface area contributed by atoms with E-state index in [2.05, 4.69) is 23.2 Å². The Balaban J connectivity index is 1.49. The normalized spacial score (nSPS) is 18.4. The van der Waals surface area contributed by atoms with Crippen molar-refractivity contribution in [3.05, 3.63) is 53.9 Å². The number of oxazole rings is 1. The van der Waals surface area contributed by atoms with Crippen LogP contribution in [0.3, 0.4) is 0 Å². The summed E-state index contributed by atoms with van der Waals surface area (Å²) in [5.41, 5.74) is 2.46. The molecule has 1 aliphatic heterocycles. The van der Waals surface area contributed by atoms with Crippen molar-refractivity contribution in [3.8, 4) is 0 Å². The van der Waals surface area contributed by atoms with Gasteiger partial charge in [-0.3, -0.25) is 4.79 Å². The van der Waals surface area contributed by atoms with Gasteiger partial charge in [0.25, 0.3) is 5.91 Å². The summed E-state index contributed by atoms with van der Waals surface area (Å²) < 4.78 is 16.4. The Morgan fingerprint density at radius 1 is 1.32 bits per heavy atom. The molecular formula is C19H20N2O4. The Morgan fingerprint density at radius 2 is 2.24 bits per heavy atom. The highest BCUT2D eigenvalue weighted by Crippen LogP contribution is 2.21. The molecule has 0 radical (unpaired) electrons. The van der Waals surface area contributed by atoms with E-state index in [-0.39, 0.29) is 11.8 Å². The molecule has 6 nitrogen and oxygen atoms in total. The van der Waals surface area contributed by atoms with Gasteiger partial charge in [0.05, 0.1) is 19.5 Å². The fourth-order valence-electron chi connectivity index (χ4n) is 3.31.